The highest BCUT2D eigenvalue weighted by atomic mass is 32.1. The molecule has 3 N–H and O–H groups in total. The molecule has 0 atom stereocenters. The van der Waals surface area contributed by atoms with E-state index in [1.807, 2.05) is 5.38 Å². The maximum absolute atomic E-state index is 12.8. The van der Waals surface area contributed by atoms with E-state index in [9.17, 15) is 4.39 Å². The van der Waals surface area contributed by atoms with Crippen LogP contribution in [0.5, 0.6) is 0 Å². The van der Waals surface area contributed by atoms with E-state index in [4.69, 9.17) is 5.73 Å². The summed E-state index contributed by atoms with van der Waals surface area (Å²) in [6.07, 6.45) is 1.14. The molecule has 2 heterocycles. The Morgan fingerprint density at radius 2 is 1.95 bits per heavy atom. The highest BCUT2D eigenvalue weighted by molar-refractivity contribution is 7.13. The molecular weight excluding hydrogens is 277 g/mol. The van der Waals surface area contributed by atoms with Crippen LogP contribution in [0.15, 0.2) is 29.6 Å². The first kappa shape index (κ1) is 12.7. The Labute approximate surface area is 118 Å². The molecular formula is C13H12FN5S. The molecule has 0 aliphatic carbocycles. The van der Waals surface area contributed by atoms with Crippen molar-refractivity contribution in [3.8, 4) is 0 Å². The largest absolute Gasteiger partial charge is 0.375 e. The van der Waals surface area contributed by atoms with Gasteiger partial charge in [-0.25, -0.2) is 14.4 Å². The van der Waals surface area contributed by atoms with Crippen molar-refractivity contribution in [2.45, 2.75) is 12.8 Å². The molecule has 1 aromatic carbocycles. The van der Waals surface area contributed by atoms with Gasteiger partial charge in [0.1, 0.15) is 11.6 Å². The molecule has 2 aromatic heterocycles. The standard InChI is InChI=1S/C13H12FN5S/c14-9-3-1-8(2-4-9)5-11-17-12(19-18-11)6-10-7-20-13(15)16-10/h1-4,7H,5-6H2,(H2,15,16)(H,17,18,19). The van der Waals surface area contributed by atoms with Gasteiger partial charge < -0.3 is 5.73 Å². The van der Waals surface area contributed by atoms with Crippen LogP contribution < -0.4 is 5.73 Å². The minimum Gasteiger partial charge on any atom is -0.375 e. The van der Waals surface area contributed by atoms with Gasteiger partial charge in [-0.1, -0.05) is 12.1 Å². The molecule has 5 nitrogen and oxygen atoms in total. The van der Waals surface area contributed by atoms with Crippen molar-refractivity contribution >= 4 is 16.5 Å². The maximum Gasteiger partial charge on any atom is 0.180 e. The topological polar surface area (TPSA) is 80.5 Å². The van der Waals surface area contributed by atoms with Crippen molar-refractivity contribution in [2.24, 2.45) is 0 Å². The van der Waals surface area contributed by atoms with Gasteiger partial charge >= 0.3 is 0 Å². The van der Waals surface area contributed by atoms with E-state index in [0.29, 0.717) is 23.8 Å². The van der Waals surface area contributed by atoms with Gasteiger partial charge in [0.15, 0.2) is 11.0 Å². The Morgan fingerprint density at radius 1 is 1.15 bits per heavy atom. The number of anilines is 1. The third-order valence-electron chi connectivity index (χ3n) is 2.77. The average molecular weight is 289 g/mol. The number of hydrogen-bond acceptors (Lipinski definition) is 5. The Kier molecular flexibility index (Phi) is 3.42. The zero-order chi connectivity index (χ0) is 13.9. The summed E-state index contributed by atoms with van der Waals surface area (Å²) in [5.74, 6) is 1.18. The quantitative estimate of drug-likeness (QED) is 0.771. The van der Waals surface area contributed by atoms with E-state index in [0.717, 1.165) is 17.1 Å². The van der Waals surface area contributed by atoms with E-state index in [2.05, 4.69) is 20.2 Å². The molecule has 0 unspecified atom stereocenters. The third-order valence-corrected chi connectivity index (χ3v) is 3.49. The lowest BCUT2D eigenvalue weighted by atomic mass is 10.1. The van der Waals surface area contributed by atoms with Gasteiger partial charge in [-0.2, -0.15) is 5.10 Å². The van der Waals surface area contributed by atoms with E-state index in [1.54, 1.807) is 12.1 Å². The Bertz CT molecular complexity index is 704. The summed E-state index contributed by atoms with van der Waals surface area (Å²) in [6, 6.07) is 6.34. The molecule has 0 fully saturated rings. The number of nitrogens with one attached hydrogen (secondary N) is 1. The lowest BCUT2D eigenvalue weighted by Crippen LogP contribution is -1.93. The van der Waals surface area contributed by atoms with Crippen LogP contribution >= 0.6 is 11.3 Å². The molecule has 3 aromatic rings. The zero-order valence-corrected chi connectivity index (χ0v) is 11.3. The molecule has 0 amide bonds. The third kappa shape index (κ3) is 3.00. The van der Waals surface area contributed by atoms with Gasteiger partial charge in [0.05, 0.1) is 12.1 Å². The normalized spacial score (nSPS) is 10.8. The SMILES string of the molecule is Nc1nc(Cc2n[nH]c(Cc3ccc(F)cc3)n2)cs1. The number of nitrogen functional groups attached to an aromatic ring is 1. The summed E-state index contributed by atoms with van der Waals surface area (Å²) >= 11 is 1.40. The molecule has 0 bridgehead atoms. The van der Waals surface area contributed by atoms with Gasteiger partial charge in [-0.3, -0.25) is 5.10 Å². The molecule has 102 valence electrons. The van der Waals surface area contributed by atoms with E-state index >= 15 is 0 Å². The van der Waals surface area contributed by atoms with Crippen LogP contribution in [-0.2, 0) is 12.8 Å². The van der Waals surface area contributed by atoms with Crippen molar-refractivity contribution in [1.82, 2.24) is 20.2 Å². The van der Waals surface area contributed by atoms with Crippen molar-refractivity contribution in [3.63, 3.8) is 0 Å². The molecule has 0 radical (unpaired) electrons. The van der Waals surface area contributed by atoms with Crippen LogP contribution in [0.1, 0.15) is 22.9 Å². The zero-order valence-electron chi connectivity index (χ0n) is 10.5. The smallest absolute Gasteiger partial charge is 0.180 e. The van der Waals surface area contributed by atoms with Crippen molar-refractivity contribution < 1.29 is 4.39 Å². The fourth-order valence-electron chi connectivity index (χ4n) is 1.85. The second-order valence-electron chi connectivity index (χ2n) is 4.36. The van der Waals surface area contributed by atoms with Crippen LogP contribution in [0.4, 0.5) is 9.52 Å². The lowest BCUT2D eigenvalue weighted by Gasteiger charge is -1.96. The van der Waals surface area contributed by atoms with E-state index < -0.39 is 0 Å². The van der Waals surface area contributed by atoms with Crippen molar-refractivity contribution in [2.75, 3.05) is 5.73 Å². The number of benzene rings is 1. The number of aromatic nitrogens is 4. The summed E-state index contributed by atoms with van der Waals surface area (Å²) in [6.45, 7) is 0. The first-order valence-corrected chi connectivity index (χ1v) is 6.91. The Hall–Kier alpha value is -2.28. The van der Waals surface area contributed by atoms with Crippen LogP contribution in [0, 0.1) is 5.82 Å². The van der Waals surface area contributed by atoms with Gasteiger partial charge in [0.2, 0.25) is 0 Å². The molecule has 0 aliphatic heterocycles. The second kappa shape index (κ2) is 5.38. The molecule has 20 heavy (non-hydrogen) atoms. The van der Waals surface area contributed by atoms with E-state index in [1.165, 1.54) is 23.5 Å². The number of halogens is 1. The molecule has 0 spiro atoms. The summed E-state index contributed by atoms with van der Waals surface area (Å²) < 4.78 is 12.8. The fraction of sp³-hybridized carbons (Fsp3) is 0.154. The predicted molar refractivity (Wildman–Crippen MR) is 74.9 cm³/mol. The first-order valence-electron chi connectivity index (χ1n) is 6.03. The van der Waals surface area contributed by atoms with Crippen LogP contribution in [0.3, 0.4) is 0 Å². The molecule has 7 heteroatoms. The minimum absolute atomic E-state index is 0.242. The number of rotatable bonds is 4. The Morgan fingerprint density at radius 3 is 2.65 bits per heavy atom. The number of aromatic amines is 1. The number of thiazole rings is 1. The lowest BCUT2D eigenvalue weighted by molar-refractivity contribution is 0.627. The second-order valence-corrected chi connectivity index (χ2v) is 5.25. The molecule has 0 saturated heterocycles. The monoisotopic (exact) mass is 289 g/mol. The Balaban J connectivity index is 1.68. The van der Waals surface area contributed by atoms with Crippen molar-refractivity contribution in [1.29, 1.82) is 0 Å². The average Bonchev–Trinajstić information content (AvgIpc) is 3.02. The highest BCUT2D eigenvalue weighted by Gasteiger charge is 2.07. The van der Waals surface area contributed by atoms with Gasteiger partial charge in [0, 0.05) is 11.8 Å². The summed E-state index contributed by atoms with van der Waals surface area (Å²) in [4.78, 5) is 8.57. The summed E-state index contributed by atoms with van der Waals surface area (Å²) in [5.41, 5.74) is 7.42. The van der Waals surface area contributed by atoms with Crippen molar-refractivity contribution in [3.05, 3.63) is 58.4 Å². The molecule has 3 rings (SSSR count). The van der Waals surface area contributed by atoms with E-state index in [-0.39, 0.29) is 5.82 Å². The summed E-state index contributed by atoms with van der Waals surface area (Å²) in [7, 11) is 0. The number of H-pyrrole nitrogens is 1. The fourth-order valence-corrected chi connectivity index (χ4v) is 2.42. The molecule has 0 saturated carbocycles. The first-order chi connectivity index (χ1) is 9.69. The number of nitrogens with zero attached hydrogens (tertiary/aromatic N) is 3. The molecule has 0 aliphatic rings. The number of nitrogens with two attached hydrogens (primary N) is 1. The minimum atomic E-state index is -0.242. The maximum atomic E-state index is 12.8. The van der Waals surface area contributed by atoms with Crippen LogP contribution in [-0.4, -0.2) is 20.2 Å². The van der Waals surface area contributed by atoms with Gasteiger partial charge in [-0.15, -0.1) is 11.3 Å². The van der Waals surface area contributed by atoms with Crippen LogP contribution in [0.25, 0.3) is 0 Å². The predicted octanol–water partition coefficient (Wildman–Crippen LogP) is 2.16. The van der Waals surface area contributed by atoms with Gasteiger partial charge in [0.25, 0.3) is 0 Å². The van der Waals surface area contributed by atoms with Crippen LogP contribution in [0.2, 0.25) is 0 Å². The number of hydrogen-bond donors (Lipinski definition) is 2. The highest BCUT2D eigenvalue weighted by Crippen LogP contribution is 2.14. The summed E-state index contributed by atoms with van der Waals surface area (Å²) in [5, 5.41) is 9.47. The van der Waals surface area contributed by atoms with Gasteiger partial charge in [-0.05, 0) is 17.7 Å².